The quantitative estimate of drug-likeness (QED) is 0.0813. The lowest BCUT2D eigenvalue weighted by Gasteiger charge is -2.22. The third-order valence-electron chi connectivity index (χ3n) is 9.70. The van der Waals surface area contributed by atoms with Crippen LogP contribution in [-0.4, -0.2) is 0 Å². The molecule has 0 amide bonds. The number of ether oxygens (including phenoxy) is 6. The molecule has 1 radical (unpaired) electrons. The molecule has 0 N–H and O–H groups in total. The largest absolute Gasteiger partial charge is 0.485 e. The average molecular weight is 790 g/mol. The number of hydrogen-bond donors (Lipinski definition) is 0. The van der Waals surface area contributed by atoms with Crippen molar-refractivity contribution in [3.63, 3.8) is 0 Å². The zero-order chi connectivity index (χ0) is 40.6. The lowest BCUT2D eigenvalue weighted by atomic mass is 10.0. The van der Waals surface area contributed by atoms with Gasteiger partial charge in [-0.25, -0.2) is 0 Å². The summed E-state index contributed by atoms with van der Waals surface area (Å²) >= 11 is 0. The van der Waals surface area contributed by atoms with Crippen LogP contribution >= 0.6 is 0 Å². The first-order valence-corrected chi connectivity index (χ1v) is 20.0. The highest BCUT2D eigenvalue weighted by molar-refractivity contribution is 5.79. The third kappa shape index (κ3) is 10.7. The minimum atomic E-state index is 0.276. The molecule has 0 heterocycles. The van der Waals surface area contributed by atoms with Gasteiger partial charge in [0.15, 0.2) is 23.0 Å². The summed E-state index contributed by atoms with van der Waals surface area (Å²) in [5, 5.41) is 0. The first-order valence-electron chi connectivity index (χ1n) is 20.0. The van der Waals surface area contributed by atoms with Gasteiger partial charge in [-0.05, 0) is 63.2 Å². The molecule has 0 aliphatic rings. The Hall–Kier alpha value is -7.44. The van der Waals surface area contributed by atoms with Gasteiger partial charge in [-0.1, -0.05) is 182 Å². The fraction of sp³-hybridized carbons (Fsp3) is 0.111. The van der Waals surface area contributed by atoms with Crippen LogP contribution in [0.3, 0.4) is 0 Å². The van der Waals surface area contributed by atoms with Gasteiger partial charge in [0.25, 0.3) is 0 Å². The molecule has 0 spiro atoms. The van der Waals surface area contributed by atoms with Crippen LogP contribution in [0, 0.1) is 6.07 Å². The number of hydrogen-bond acceptors (Lipinski definition) is 6. The molecule has 0 aliphatic heterocycles. The van der Waals surface area contributed by atoms with E-state index < -0.39 is 0 Å². The van der Waals surface area contributed by atoms with E-state index in [0.29, 0.717) is 66.5 Å². The molecule has 0 atom stereocenters. The second kappa shape index (κ2) is 20.3. The van der Waals surface area contributed by atoms with Crippen LogP contribution in [0.2, 0.25) is 0 Å². The maximum atomic E-state index is 6.81. The molecule has 0 aliphatic carbocycles. The first kappa shape index (κ1) is 39.4. The van der Waals surface area contributed by atoms with Crippen LogP contribution < -0.4 is 28.4 Å². The second-order valence-corrected chi connectivity index (χ2v) is 14.1. The highest BCUT2D eigenvalue weighted by atomic mass is 16.5. The van der Waals surface area contributed by atoms with Gasteiger partial charge >= 0.3 is 0 Å². The molecule has 6 heteroatoms. The van der Waals surface area contributed by atoms with Gasteiger partial charge in [-0.3, -0.25) is 0 Å². The Balaban J connectivity index is 1.26. The van der Waals surface area contributed by atoms with Gasteiger partial charge < -0.3 is 28.4 Å². The minimum absolute atomic E-state index is 0.276. The second-order valence-electron chi connectivity index (χ2n) is 14.1. The van der Waals surface area contributed by atoms with Crippen molar-refractivity contribution in [2.45, 2.75) is 39.6 Å². The molecule has 0 saturated heterocycles. The van der Waals surface area contributed by atoms with Gasteiger partial charge in [0.1, 0.15) is 39.6 Å². The van der Waals surface area contributed by atoms with E-state index >= 15 is 0 Å². The van der Waals surface area contributed by atoms with E-state index in [1.165, 1.54) is 0 Å². The maximum absolute atomic E-state index is 6.81. The Bertz CT molecular complexity index is 2450. The molecular weight excluding hydrogens is 745 g/mol. The molecule has 8 aromatic rings. The standard InChI is InChI=1S/C54H45O6/c1-7-19-41(20-8-1)35-55-49-32-31-48(52(58-38-44-25-13-4-14-26-44)54(49)60-40-46-29-17-6-18-30-46)47-33-50(56-36-42-21-9-2-10-22-42)53(59-39-45-27-15-5-16-28-45)51(34-47)57-37-43-23-11-3-12-24-43/h1-30,32-34H,35-40H2. The van der Waals surface area contributed by atoms with Crippen LogP contribution in [0.4, 0.5) is 0 Å². The lowest BCUT2D eigenvalue weighted by Crippen LogP contribution is -2.06. The zero-order valence-electron chi connectivity index (χ0n) is 33.2. The van der Waals surface area contributed by atoms with E-state index in [-0.39, 0.29) is 13.2 Å². The van der Waals surface area contributed by atoms with Crippen molar-refractivity contribution in [3.05, 3.63) is 240 Å². The van der Waals surface area contributed by atoms with Crippen molar-refractivity contribution < 1.29 is 28.4 Å². The Labute approximate surface area is 352 Å². The van der Waals surface area contributed by atoms with Gasteiger partial charge in [0, 0.05) is 5.56 Å². The van der Waals surface area contributed by atoms with Crippen molar-refractivity contribution in [3.8, 4) is 45.6 Å². The summed E-state index contributed by atoms with van der Waals surface area (Å²) in [6, 6.07) is 69.6. The highest BCUT2D eigenvalue weighted by Crippen LogP contribution is 2.49. The number of benzene rings is 8. The van der Waals surface area contributed by atoms with Crippen molar-refractivity contribution >= 4 is 0 Å². The molecule has 0 fully saturated rings. The normalized spacial score (nSPS) is 10.7. The highest BCUT2D eigenvalue weighted by Gasteiger charge is 2.24. The van der Waals surface area contributed by atoms with Crippen molar-refractivity contribution in [1.29, 1.82) is 0 Å². The first-order chi connectivity index (χ1) is 29.7. The number of rotatable bonds is 19. The summed E-state index contributed by atoms with van der Waals surface area (Å²) < 4.78 is 40.0. The Morgan fingerprint density at radius 2 is 0.567 bits per heavy atom. The van der Waals surface area contributed by atoms with Gasteiger partial charge in [0.05, 0.1) is 0 Å². The van der Waals surface area contributed by atoms with Gasteiger partial charge in [0.2, 0.25) is 11.5 Å². The molecule has 0 saturated carbocycles. The predicted octanol–water partition coefficient (Wildman–Crippen LogP) is 12.6. The summed E-state index contributed by atoms with van der Waals surface area (Å²) in [5.41, 5.74) is 7.44. The molecule has 8 rings (SSSR count). The zero-order valence-corrected chi connectivity index (χ0v) is 33.2. The third-order valence-corrected chi connectivity index (χ3v) is 9.70. The minimum Gasteiger partial charge on any atom is -0.485 e. The SMILES string of the molecule is [c]1cc(OCc2ccccc2)c(OCc2ccccc2)c(OCc2ccccc2)c1-c1cc(OCc2ccccc2)c(OCc2ccccc2)c(OCc2ccccc2)c1. The van der Waals surface area contributed by atoms with Crippen LogP contribution in [0.5, 0.6) is 34.5 Å². The molecule has 0 aromatic heterocycles. The van der Waals surface area contributed by atoms with E-state index in [0.717, 1.165) is 38.9 Å². The van der Waals surface area contributed by atoms with Crippen molar-refractivity contribution in [1.82, 2.24) is 0 Å². The average Bonchev–Trinajstić information content (AvgIpc) is 3.32. The summed E-state index contributed by atoms with van der Waals surface area (Å²) in [7, 11) is 0. The van der Waals surface area contributed by atoms with Crippen LogP contribution in [-0.2, 0) is 39.6 Å². The van der Waals surface area contributed by atoms with Crippen LogP contribution in [0.25, 0.3) is 11.1 Å². The molecule has 8 aromatic carbocycles. The van der Waals surface area contributed by atoms with E-state index in [9.17, 15) is 0 Å². The van der Waals surface area contributed by atoms with E-state index in [1.54, 1.807) is 0 Å². The Morgan fingerprint density at radius 1 is 0.283 bits per heavy atom. The molecular formula is C54H45O6. The van der Waals surface area contributed by atoms with Crippen LogP contribution in [0.15, 0.2) is 200 Å². The monoisotopic (exact) mass is 789 g/mol. The van der Waals surface area contributed by atoms with E-state index in [2.05, 4.69) is 6.07 Å². The maximum Gasteiger partial charge on any atom is 0.204 e. The smallest absolute Gasteiger partial charge is 0.204 e. The molecule has 60 heavy (non-hydrogen) atoms. The molecule has 297 valence electrons. The molecule has 0 unspecified atom stereocenters. The van der Waals surface area contributed by atoms with Crippen LogP contribution in [0.1, 0.15) is 33.4 Å². The topological polar surface area (TPSA) is 55.4 Å². The fourth-order valence-corrected chi connectivity index (χ4v) is 6.56. The Morgan fingerprint density at radius 3 is 0.917 bits per heavy atom. The van der Waals surface area contributed by atoms with E-state index in [4.69, 9.17) is 28.4 Å². The fourth-order valence-electron chi connectivity index (χ4n) is 6.56. The van der Waals surface area contributed by atoms with Crippen molar-refractivity contribution in [2.75, 3.05) is 0 Å². The molecule has 6 nitrogen and oxygen atoms in total. The van der Waals surface area contributed by atoms with Gasteiger partial charge in [-0.2, -0.15) is 0 Å². The van der Waals surface area contributed by atoms with E-state index in [1.807, 2.05) is 200 Å². The summed E-state index contributed by atoms with van der Waals surface area (Å²) in [5.74, 6) is 2.95. The van der Waals surface area contributed by atoms with Crippen molar-refractivity contribution in [2.24, 2.45) is 0 Å². The summed E-state index contributed by atoms with van der Waals surface area (Å²) in [6.45, 7) is 1.82. The predicted molar refractivity (Wildman–Crippen MR) is 235 cm³/mol. The lowest BCUT2D eigenvalue weighted by molar-refractivity contribution is 0.229. The molecule has 0 bridgehead atoms. The van der Waals surface area contributed by atoms with Gasteiger partial charge in [-0.15, -0.1) is 0 Å². The summed E-state index contributed by atoms with van der Waals surface area (Å²) in [4.78, 5) is 0. The Kier molecular flexibility index (Phi) is 13.3. The summed E-state index contributed by atoms with van der Waals surface area (Å²) in [6.07, 6.45) is 0.